The van der Waals surface area contributed by atoms with Crippen LogP contribution in [0.5, 0.6) is 17.5 Å². The van der Waals surface area contributed by atoms with Gasteiger partial charge in [-0.25, -0.2) is 14.2 Å². The minimum atomic E-state index is -4.09. The van der Waals surface area contributed by atoms with Crippen LogP contribution >= 0.6 is 19.6 Å². The number of aromatic nitrogens is 3. The topological polar surface area (TPSA) is 291 Å². The van der Waals surface area contributed by atoms with E-state index in [2.05, 4.69) is 10.3 Å². The highest BCUT2D eigenvalue weighted by Gasteiger charge is 2.38. The van der Waals surface area contributed by atoms with Gasteiger partial charge in [0.15, 0.2) is 11.3 Å². The first-order chi connectivity index (χ1) is 33.5. The van der Waals surface area contributed by atoms with Gasteiger partial charge in [-0.15, -0.1) is 11.8 Å². The normalized spacial score (nSPS) is 16.8. The number of aliphatic hydroxyl groups is 1. The summed E-state index contributed by atoms with van der Waals surface area (Å²) in [6, 6.07) is 14.8. The number of aromatic amines is 1. The molecule has 4 aromatic rings. The Morgan fingerprint density at radius 3 is 2.39 bits per heavy atom. The van der Waals surface area contributed by atoms with Gasteiger partial charge >= 0.3 is 19.5 Å². The number of carboxylic acids is 1. The first-order valence-corrected chi connectivity index (χ1v) is 25.2. The SMILES string of the molecule is COP(=O)(OCCSc1cc(O)n(CCCCCCCCCCC(=O)Nc2ccc(-c3c4ccc(=O)cc-4oc4cc(O)ccc34)c(C(=O)O)c2)c1O)OC[C@H]1O[C@@H](n2cc(C)c(=O)[nH]c2=O)C[C@H]1O. The van der Waals surface area contributed by atoms with Gasteiger partial charge in [0.25, 0.3) is 5.56 Å². The highest BCUT2D eigenvalue weighted by molar-refractivity contribution is 7.99. The minimum absolute atomic E-state index is 0.0211. The van der Waals surface area contributed by atoms with Crippen molar-refractivity contribution in [1.29, 1.82) is 0 Å². The molecule has 1 amide bonds. The lowest BCUT2D eigenvalue weighted by molar-refractivity contribution is -0.116. The second kappa shape index (κ2) is 23.2. The number of thioether (sulfide) groups is 1. The third-order valence-electron chi connectivity index (χ3n) is 11.9. The number of carbonyl (C=O) groups is 2. The second-order valence-electron chi connectivity index (χ2n) is 16.9. The van der Waals surface area contributed by atoms with Crippen molar-refractivity contribution in [3.8, 4) is 40.0 Å². The van der Waals surface area contributed by atoms with Gasteiger partial charge in [-0.3, -0.25) is 42.1 Å². The van der Waals surface area contributed by atoms with Crippen LogP contribution in [-0.4, -0.2) is 89.8 Å². The summed E-state index contributed by atoms with van der Waals surface area (Å²) >= 11 is 1.17. The summed E-state index contributed by atoms with van der Waals surface area (Å²) in [4.78, 5) is 64.1. The number of phosphoric acid groups is 1. The molecule has 1 aliphatic carbocycles. The molecule has 374 valence electrons. The van der Waals surface area contributed by atoms with E-state index in [9.17, 15) is 54.1 Å². The van der Waals surface area contributed by atoms with Gasteiger partial charge in [-0.05, 0) is 61.7 Å². The first kappa shape index (κ1) is 51.7. The van der Waals surface area contributed by atoms with E-state index in [-0.39, 0.29) is 83.1 Å². The zero-order valence-electron chi connectivity index (χ0n) is 38.5. The van der Waals surface area contributed by atoms with Crippen molar-refractivity contribution in [2.75, 3.05) is 31.4 Å². The quantitative estimate of drug-likeness (QED) is 0.0132. The Labute approximate surface area is 404 Å². The van der Waals surface area contributed by atoms with Crippen molar-refractivity contribution < 1.29 is 62.4 Å². The van der Waals surface area contributed by atoms with Gasteiger partial charge in [0, 0.05) is 84.4 Å². The van der Waals surface area contributed by atoms with Crippen molar-refractivity contribution in [2.45, 2.75) is 101 Å². The van der Waals surface area contributed by atoms with E-state index < -0.39 is 43.5 Å². The fourth-order valence-electron chi connectivity index (χ4n) is 8.28. The highest BCUT2D eigenvalue weighted by atomic mass is 32.2. The molecule has 2 aliphatic heterocycles. The minimum Gasteiger partial charge on any atom is -0.508 e. The molecule has 0 radical (unpaired) electrons. The summed E-state index contributed by atoms with van der Waals surface area (Å²) in [7, 11) is -2.95. The number of unbranched alkanes of at least 4 members (excludes halogenated alkanes) is 7. The number of H-pyrrole nitrogens is 1. The van der Waals surface area contributed by atoms with Crippen LogP contribution in [0.3, 0.4) is 0 Å². The number of anilines is 1. The number of nitrogens with zero attached hydrogens (tertiary/aromatic N) is 2. The molecule has 0 bridgehead atoms. The van der Waals surface area contributed by atoms with Crippen molar-refractivity contribution >= 4 is 48.1 Å². The number of rotatable bonds is 24. The lowest BCUT2D eigenvalue weighted by Crippen LogP contribution is -2.33. The number of ether oxygens (including phenoxy) is 1. The maximum atomic E-state index is 13.1. The molecule has 0 saturated carbocycles. The number of hydrogen-bond donors (Lipinski definition) is 7. The van der Waals surface area contributed by atoms with Crippen LogP contribution in [0.4, 0.5) is 5.69 Å². The Balaban J connectivity index is 0.776. The summed E-state index contributed by atoms with van der Waals surface area (Å²) in [5, 5.41) is 55.5. The molecule has 22 heteroatoms. The van der Waals surface area contributed by atoms with E-state index in [1.807, 2.05) is 0 Å². The van der Waals surface area contributed by atoms with Crippen LogP contribution in [0, 0.1) is 6.92 Å². The molecule has 20 nitrogen and oxygen atoms in total. The van der Waals surface area contributed by atoms with Crippen LogP contribution in [0.1, 0.15) is 86.4 Å². The summed E-state index contributed by atoms with van der Waals surface area (Å²) in [5.41, 5.74) is 0.687. The van der Waals surface area contributed by atoms with Gasteiger partial charge in [-0.1, -0.05) is 44.6 Å². The number of phenols is 1. The standard InChI is InChI=1S/C48H55N4O16PS/c1-28-26-52(48(62)50-45(28)58)43-24-36(55)39(68-43)27-66-69(63,64-2)65-19-20-70-40-25-42(57)51(46(40)59)18-10-8-6-4-3-5-7-9-11-41(56)49-29-12-15-32(35(21-29)47(60)61)44-33-16-13-30(53)22-37(33)67-38-23-31(54)14-17-34(38)44/h12-17,21-23,25-26,36,39,43,53,55,57,59H,3-11,18-20,24,27H2,1-2H3,(H,49,56)(H,60,61)(H,50,58,62)/t36-,39-,43-,69?/m1/s1. The molecule has 1 fully saturated rings. The van der Waals surface area contributed by atoms with Crippen molar-refractivity contribution in [3.63, 3.8) is 0 Å². The molecule has 1 saturated heterocycles. The number of hydrogen-bond acceptors (Lipinski definition) is 16. The van der Waals surface area contributed by atoms with Crippen molar-refractivity contribution in [1.82, 2.24) is 14.1 Å². The van der Waals surface area contributed by atoms with E-state index >= 15 is 0 Å². The molecule has 0 spiro atoms. The molecule has 70 heavy (non-hydrogen) atoms. The number of amides is 1. The number of phosphoric ester groups is 1. The summed E-state index contributed by atoms with van der Waals surface area (Å²) < 4.78 is 43.1. The molecule has 2 aromatic heterocycles. The molecule has 4 atom stereocenters. The zero-order valence-corrected chi connectivity index (χ0v) is 40.2. The highest BCUT2D eigenvalue weighted by Crippen LogP contribution is 2.50. The third-order valence-corrected chi connectivity index (χ3v) is 14.3. The largest absolute Gasteiger partial charge is 0.508 e. The Bertz CT molecular complexity index is 3040. The lowest BCUT2D eigenvalue weighted by atomic mass is 9.90. The third kappa shape index (κ3) is 12.6. The number of carboxylic acid groups (broad SMARTS) is 1. The molecule has 4 heterocycles. The lowest BCUT2D eigenvalue weighted by Gasteiger charge is -2.20. The maximum absolute atomic E-state index is 13.1. The smallest absolute Gasteiger partial charge is 0.474 e. The van der Waals surface area contributed by atoms with Crippen molar-refractivity contribution in [2.24, 2.45) is 0 Å². The van der Waals surface area contributed by atoms with Crippen LogP contribution in [0.15, 0.2) is 90.6 Å². The molecule has 7 rings (SSSR count). The Morgan fingerprint density at radius 2 is 1.64 bits per heavy atom. The Hall–Kier alpha value is -6.19. The van der Waals surface area contributed by atoms with E-state index in [1.54, 1.807) is 24.3 Å². The van der Waals surface area contributed by atoms with E-state index in [0.29, 0.717) is 52.0 Å². The summed E-state index contributed by atoms with van der Waals surface area (Å²) in [6.45, 7) is 1.43. The average molecular weight is 1010 g/mol. The number of phenolic OH excluding ortho intramolecular Hbond substituents is 1. The number of aliphatic hydroxyl groups excluding tert-OH is 1. The van der Waals surface area contributed by atoms with Crippen LogP contribution in [-0.2, 0) is 34.2 Å². The molecular weight excluding hydrogens is 952 g/mol. The summed E-state index contributed by atoms with van der Waals surface area (Å²) in [6.07, 6.45) is 5.57. The molecule has 1 unspecified atom stereocenters. The Morgan fingerprint density at radius 1 is 0.914 bits per heavy atom. The number of aromatic carboxylic acids is 1. The molecular formula is C48H55N4O16PS. The Kier molecular flexibility index (Phi) is 17.1. The fraction of sp³-hybridized carbons (Fsp3) is 0.396. The van der Waals surface area contributed by atoms with E-state index in [1.165, 1.54) is 65.8 Å². The second-order valence-corrected chi connectivity index (χ2v) is 19.8. The fourth-order valence-corrected chi connectivity index (χ4v) is 10.1. The molecule has 2 aromatic carbocycles. The number of fused-ring (bicyclic) bond motifs is 2. The van der Waals surface area contributed by atoms with Gasteiger partial charge < -0.3 is 40.0 Å². The van der Waals surface area contributed by atoms with Gasteiger partial charge in [-0.2, -0.15) is 0 Å². The van der Waals surface area contributed by atoms with Crippen LogP contribution in [0.2, 0.25) is 0 Å². The number of carbonyl (C=O) groups excluding carboxylic acids is 1. The first-order valence-electron chi connectivity index (χ1n) is 22.8. The molecule has 7 N–H and O–H groups in total. The number of aryl methyl sites for hydroxylation is 1. The number of benzene rings is 3. The number of aromatic hydroxyl groups is 3. The van der Waals surface area contributed by atoms with Crippen molar-refractivity contribution in [3.05, 3.63) is 109 Å². The van der Waals surface area contributed by atoms with Crippen LogP contribution in [0.25, 0.3) is 33.4 Å². The predicted molar refractivity (Wildman–Crippen MR) is 259 cm³/mol. The monoisotopic (exact) mass is 1010 g/mol. The van der Waals surface area contributed by atoms with E-state index in [4.69, 9.17) is 22.7 Å². The van der Waals surface area contributed by atoms with E-state index in [0.717, 1.165) is 50.2 Å². The zero-order chi connectivity index (χ0) is 50.1. The van der Waals surface area contributed by atoms with Gasteiger partial charge in [0.1, 0.15) is 29.4 Å². The predicted octanol–water partition coefficient (Wildman–Crippen LogP) is 7.72. The number of nitrogens with one attached hydrogen (secondary N) is 2. The van der Waals surface area contributed by atoms with Gasteiger partial charge in [0.2, 0.25) is 11.8 Å². The average Bonchev–Trinajstić information content (AvgIpc) is 3.83. The summed E-state index contributed by atoms with van der Waals surface area (Å²) in [5.74, 6) is -1.26. The van der Waals surface area contributed by atoms with Crippen LogP contribution < -0.4 is 22.0 Å². The molecule has 3 aliphatic rings. The maximum Gasteiger partial charge on any atom is 0.474 e. The van der Waals surface area contributed by atoms with Gasteiger partial charge in [0.05, 0.1) is 29.8 Å².